The first-order valence-corrected chi connectivity index (χ1v) is 11.9. The summed E-state index contributed by atoms with van der Waals surface area (Å²) in [6, 6.07) is 41.4. The number of aromatic nitrogens is 2. The van der Waals surface area contributed by atoms with Crippen LogP contribution in [0.1, 0.15) is 0 Å². The van der Waals surface area contributed by atoms with Gasteiger partial charge in [-0.05, 0) is 53.6 Å². The summed E-state index contributed by atoms with van der Waals surface area (Å²) in [5.74, 6) is 2.44. The summed E-state index contributed by atoms with van der Waals surface area (Å²) in [5, 5.41) is 1.02. The molecule has 0 N–H and O–H groups in total. The van der Waals surface area contributed by atoms with Crippen LogP contribution in [-0.2, 0) is 0 Å². The second-order valence-electron chi connectivity index (χ2n) is 8.75. The molecular formula is C32H21N3O. The van der Waals surface area contributed by atoms with Crippen LogP contribution in [0.15, 0.2) is 128 Å². The molecule has 0 fully saturated rings. The molecule has 4 nitrogen and oxygen atoms in total. The molecule has 0 amide bonds. The van der Waals surface area contributed by atoms with Crippen molar-refractivity contribution >= 4 is 28.0 Å². The zero-order valence-electron chi connectivity index (χ0n) is 19.4. The molecule has 170 valence electrons. The molecule has 1 aromatic heterocycles. The molecular weight excluding hydrogens is 442 g/mol. The smallest absolute Gasteiger partial charge is 0.159 e. The summed E-state index contributed by atoms with van der Waals surface area (Å²) >= 11 is 0. The van der Waals surface area contributed by atoms with E-state index in [1.54, 1.807) is 0 Å². The van der Waals surface area contributed by atoms with Crippen molar-refractivity contribution in [2.75, 3.05) is 4.90 Å². The van der Waals surface area contributed by atoms with Gasteiger partial charge in [-0.3, -0.25) is 0 Å². The first-order valence-electron chi connectivity index (χ1n) is 11.9. The molecule has 0 saturated heterocycles. The number of anilines is 3. The fourth-order valence-electron chi connectivity index (χ4n) is 4.71. The van der Waals surface area contributed by atoms with Gasteiger partial charge in [-0.15, -0.1) is 0 Å². The second-order valence-corrected chi connectivity index (χ2v) is 8.75. The van der Waals surface area contributed by atoms with Crippen molar-refractivity contribution in [1.29, 1.82) is 0 Å². The molecule has 1 aliphatic heterocycles. The van der Waals surface area contributed by atoms with Crippen molar-refractivity contribution in [2.24, 2.45) is 0 Å². The maximum atomic E-state index is 6.15. The van der Waals surface area contributed by atoms with Crippen LogP contribution in [0.4, 0.5) is 17.1 Å². The number of nitrogens with zero attached hydrogens (tertiary/aromatic N) is 3. The van der Waals surface area contributed by atoms with E-state index in [9.17, 15) is 0 Å². The molecule has 2 heterocycles. The first-order chi connectivity index (χ1) is 17.8. The minimum Gasteiger partial charge on any atom is -0.453 e. The summed E-state index contributed by atoms with van der Waals surface area (Å²) < 4.78 is 6.15. The van der Waals surface area contributed by atoms with Gasteiger partial charge >= 0.3 is 0 Å². The Morgan fingerprint density at radius 1 is 0.556 bits per heavy atom. The Morgan fingerprint density at radius 3 is 1.92 bits per heavy atom. The zero-order chi connectivity index (χ0) is 23.9. The Hall–Kier alpha value is -4.96. The van der Waals surface area contributed by atoms with Crippen molar-refractivity contribution in [3.05, 3.63) is 128 Å². The Kier molecular flexibility index (Phi) is 4.74. The summed E-state index contributed by atoms with van der Waals surface area (Å²) in [4.78, 5) is 11.6. The number of benzene rings is 5. The highest BCUT2D eigenvalue weighted by molar-refractivity contribution is 5.88. The zero-order valence-corrected chi connectivity index (χ0v) is 19.4. The van der Waals surface area contributed by atoms with Crippen LogP contribution in [-0.4, -0.2) is 9.97 Å². The maximum absolute atomic E-state index is 6.15. The maximum Gasteiger partial charge on any atom is 0.159 e. The molecule has 0 bridgehead atoms. The molecule has 0 atom stereocenters. The second kappa shape index (κ2) is 8.36. The highest BCUT2D eigenvalue weighted by Gasteiger charge is 2.25. The van der Waals surface area contributed by atoms with E-state index in [1.165, 1.54) is 0 Å². The van der Waals surface area contributed by atoms with E-state index in [4.69, 9.17) is 9.72 Å². The van der Waals surface area contributed by atoms with Crippen LogP contribution in [0.25, 0.3) is 33.4 Å². The molecule has 0 unspecified atom stereocenters. The number of ether oxygens (including phenoxy) is 1. The summed E-state index contributed by atoms with van der Waals surface area (Å²) in [6.45, 7) is 0. The lowest BCUT2D eigenvalue weighted by atomic mass is 10.0. The molecule has 1 aliphatic rings. The Labute approximate surface area is 209 Å². The normalized spacial score (nSPS) is 12.1. The highest BCUT2D eigenvalue weighted by atomic mass is 16.5. The van der Waals surface area contributed by atoms with Gasteiger partial charge < -0.3 is 9.64 Å². The molecule has 6 aromatic rings. The lowest BCUT2D eigenvalue weighted by Crippen LogP contribution is -2.15. The van der Waals surface area contributed by atoms with E-state index in [0.29, 0.717) is 0 Å². The number of fused-ring (bicyclic) bond motifs is 3. The van der Waals surface area contributed by atoms with Crippen molar-refractivity contribution in [3.8, 4) is 34.0 Å². The van der Waals surface area contributed by atoms with Crippen LogP contribution in [0, 0.1) is 0 Å². The van der Waals surface area contributed by atoms with E-state index in [-0.39, 0.29) is 0 Å². The average Bonchev–Trinajstić information content (AvgIpc) is 2.96. The van der Waals surface area contributed by atoms with Gasteiger partial charge in [-0.1, -0.05) is 78.9 Å². The minimum absolute atomic E-state index is 0.736. The van der Waals surface area contributed by atoms with Gasteiger partial charge in [0.15, 0.2) is 17.3 Å². The molecule has 0 spiro atoms. The van der Waals surface area contributed by atoms with Gasteiger partial charge in [0.2, 0.25) is 0 Å². The van der Waals surface area contributed by atoms with Crippen LogP contribution < -0.4 is 9.64 Å². The monoisotopic (exact) mass is 463 g/mol. The first kappa shape index (κ1) is 20.4. The third-order valence-corrected chi connectivity index (χ3v) is 6.51. The van der Waals surface area contributed by atoms with E-state index >= 15 is 0 Å². The SMILES string of the molecule is c1ccc(-c2ncc3ccc(-c4ccc(N5c6ccccc6Oc6ccccc65)cc4)cc3n2)cc1. The average molecular weight is 464 g/mol. The molecule has 4 heteroatoms. The van der Waals surface area contributed by atoms with Crippen molar-refractivity contribution < 1.29 is 4.74 Å². The molecule has 7 rings (SSSR count). The standard InChI is InChI=1S/C32H21N3O/c1-2-8-23(9-3-1)32-33-21-25-15-14-24(20-27(25)34-32)22-16-18-26(19-17-22)35-28-10-4-6-12-30(28)36-31-13-7-5-11-29(31)35/h1-21H. The fraction of sp³-hybridized carbons (Fsp3) is 0. The lowest BCUT2D eigenvalue weighted by molar-refractivity contribution is 0.477. The number of hydrogen-bond donors (Lipinski definition) is 0. The van der Waals surface area contributed by atoms with Gasteiger partial charge in [-0.2, -0.15) is 0 Å². The Morgan fingerprint density at radius 2 is 1.19 bits per heavy atom. The van der Waals surface area contributed by atoms with Crippen molar-refractivity contribution in [2.45, 2.75) is 0 Å². The summed E-state index contributed by atoms with van der Waals surface area (Å²) in [5.41, 5.74) is 7.34. The van der Waals surface area contributed by atoms with Crippen molar-refractivity contribution in [3.63, 3.8) is 0 Å². The predicted molar refractivity (Wildman–Crippen MR) is 145 cm³/mol. The number of para-hydroxylation sites is 4. The summed E-state index contributed by atoms with van der Waals surface area (Å²) in [7, 11) is 0. The third-order valence-electron chi connectivity index (χ3n) is 6.51. The lowest BCUT2D eigenvalue weighted by Gasteiger charge is -2.32. The molecule has 0 aliphatic carbocycles. The van der Waals surface area contributed by atoms with Crippen molar-refractivity contribution in [1.82, 2.24) is 9.97 Å². The molecule has 36 heavy (non-hydrogen) atoms. The summed E-state index contributed by atoms with van der Waals surface area (Å²) in [6.07, 6.45) is 1.89. The van der Waals surface area contributed by atoms with Gasteiger partial charge in [0.05, 0.1) is 16.9 Å². The molecule has 0 radical (unpaired) electrons. The predicted octanol–water partition coefficient (Wildman–Crippen LogP) is 8.54. The fourth-order valence-corrected chi connectivity index (χ4v) is 4.71. The molecule has 5 aromatic carbocycles. The molecule has 0 saturated carbocycles. The quantitative estimate of drug-likeness (QED) is 0.263. The van der Waals surface area contributed by atoms with E-state index < -0.39 is 0 Å². The van der Waals surface area contributed by atoms with Crippen LogP contribution >= 0.6 is 0 Å². The van der Waals surface area contributed by atoms with Crippen LogP contribution in [0.3, 0.4) is 0 Å². The highest BCUT2D eigenvalue weighted by Crippen LogP contribution is 2.50. The van der Waals surface area contributed by atoms with Gasteiger partial charge in [0, 0.05) is 22.8 Å². The van der Waals surface area contributed by atoms with Gasteiger partial charge in [0.25, 0.3) is 0 Å². The van der Waals surface area contributed by atoms with E-state index in [0.717, 1.165) is 62.0 Å². The largest absolute Gasteiger partial charge is 0.453 e. The van der Waals surface area contributed by atoms with Gasteiger partial charge in [-0.25, -0.2) is 9.97 Å². The van der Waals surface area contributed by atoms with E-state index in [1.807, 2.05) is 72.9 Å². The third kappa shape index (κ3) is 3.48. The topological polar surface area (TPSA) is 38.2 Å². The Balaban J connectivity index is 1.27. The minimum atomic E-state index is 0.736. The number of rotatable bonds is 3. The van der Waals surface area contributed by atoms with Gasteiger partial charge in [0.1, 0.15) is 0 Å². The van der Waals surface area contributed by atoms with Crippen LogP contribution in [0.5, 0.6) is 11.5 Å². The van der Waals surface area contributed by atoms with E-state index in [2.05, 4.69) is 64.5 Å². The number of hydrogen-bond acceptors (Lipinski definition) is 4. The Bertz CT molecular complexity index is 1670. The van der Waals surface area contributed by atoms with Crippen LogP contribution in [0.2, 0.25) is 0 Å².